The Hall–Kier alpha value is -1.58. The Labute approximate surface area is 210 Å². The SMILES string of the molecule is CCCCCCCCOc1cc(OCCCCCCCC)c([O])c(OCCCCCCCC)c1. The van der Waals surface area contributed by atoms with Crippen molar-refractivity contribution in [1.82, 2.24) is 0 Å². The highest BCUT2D eigenvalue weighted by Gasteiger charge is 2.16. The zero-order chi connectivity index (χ0) is 24.7. The van der Waals surface area contributed by atoms with Crippen molar-refractivity contribution in [3.63, 3.8) is 0 Å². The van der Waals surface area contributed by atoms with Gasteiger partial charge < -0.3 is 14.2 Å². The molecule has 0 aliphatic carbocycles. The van der Waals surface area contributed by atoms with Gasteiger partial charge in [-0.25, -0.2) is 0 Å². The molecular weight excluding hydrogens is 424 g/mol. The summed E-state index contributed by atoms with van der Waals surface area (Å²) in [6, 6.07) is 3.52. The van der Waals surface area contributed by atoms with E-state index in [1.165, 1.54) is 83.5 Å². The van der Waals surface area contributed by atoms with Crippen LogP contribution in [0.1, 0.15) is 136 Å². The van der Waals surface area contributed by atoms with Gasteiger partial charge in [-0.3, -0.25) is 5.11 Å². The van der Waals surface area contributed by atoms with Crippen LogP contribution in [-0.4, -0.2) is 19.8 Å². The summed E-state index contributed by atoms with van der Waals surface area (Å²) in [5.41, 5.74) is 0. The lowest BCUT2D eigenvalue weighted by Crippen LogP contribution is -2.03. The lowest BCUT2D eigenvalue weighted by atomic mass is 10.1. The van der Waals surface area contributed by atoms with Gasteiger partial charge in [-0.1, -0.05) is 117 Å². The van der Waals surface area contributed by atoms with Crippen molar-refractivity contribution in [3.8, 4) is 23.0 Å². The molecule has 0 unspecified atom stereocenters. The Morgan fingerprint density at radius 3 is 1.18 bits per heavy atom. The van der Waals surface area contributed by atoms with Crippen LogP contribution in [0.25, 0.3) is 0 Å². The smallest absolute Gasteiger partial charge is 0.262 e. The van der Waals surface area contributed by atoms with Gasteiger partial charge in [0.25, 0.3) is 5.75 Å². The number of ether oxygens (including phenoxy) is 3. The van der Waals surface area contributed by atoms with Crippen molar-refractivity contribution in [1.29, 1.82) is 0 Å². The molecule has 0 aromatic heterocycles. The van der Waals surface area contributed by atoms with Crippen LogP contribution in [0.15, 0.2) is 12.1 Å². The van der Waals surface area contributed by atoms with Gasteiger partial charge in [-0.05, 0) is 19.3 Å². The minimum atomic E-state index is -0.149. The normalized spacial score (nSPS) is 11.0. The minimum Gasteiger partial charge on any atom is -0.493 e. The molecule has 0 aliphatic rings. The maximum absolute atomic E-state index is 12.9. The molecule has 1 rings (SSSR count). The molecule has 0 aliphatic heterocycles. The Balaban J connectivity index is 2.55. The van der Waals surface area contributed by atoms with Gasteiger partial charge in [0.1, 0.15) is 5.75 Å². The zero-order valence-corrected chi connectivity index (χ0v) is 22.6. The largest absolute Gasteiger partial charge is 0.493 e. The van der Waals surface area contributed by atoms with Crippen LogP contribution < -0.4 is 14.2 Å². The van der Waals surface area contributed by atoms with Crippen molar-refractivity contribution in [2.75, 3.05) is 19.8 Å². The van der Waals surface area contributed by atoms with E-state index in [0.29, 0.717) is 37.1 Å². The van der Waals surface area contributed by atoms with E-state index in [9.17, 15) is 5.11 Å². The van der Waals surface area contributed by atoms with Crippen LogP contribution >= 0.6 is 0 Å². The first-order valence-electron chi connectivity index (χ1n) is 14.5. The van der Waals surface area contributed by atoms with Gasteiger partial charge in [-0.15, -0.1) is 0 Å². The molecule has 1 radical (unpaired) electrons. The third-order valence-corrected chi connectivity index (χ3v) is 6.27. The van der Waals surface area contributed by atoms with E-state index in [0.717, 1.165) is 32.1 Å². The molecule has 197 valence electrons. The van der Waals surface area contributed by atoms with Gasteiger partial charge >= 0.3 is 0 Å². The van der Waals surface area contributed by atoms with E-state index in [-0.39, 0.29) is 5.75 Å². The maximum atomic E-state index is 12.9. The molecule has 1 aromatic carbocycles. The zero-order valence-electron chi connectivity index (χ0n) is 22.6. The molecule has 0 saturated carbocycles. The summed E-state index contributed by atoms with van der Waals surface area (Å²) in [6.45, 7) is 8.50. The fourth-order valence-electron chi connectivity index (χ4n) is 4.05. The molecule has 1 aromatic rings. The van der Waals surface area contributed by atoms with Crippen LogP contribution in [0.5, 0.6) is 23.0 Å². The molecule has 34 heavy (non-hydrogen) atoms. The summed E-state index contributed by atoms with van der Waals surface area (Å²) in [4.78, 5) is 0. The number of rotatable bonds is 24. The second-order valence-corrected chi connectivity index (χ2v) is 9.60. The monoisotopic (exact) mass is 477 g/mol. The highest BCUT2D eigenvalue weighted by atomic mass is 16.5. The maximum Gasteiger partial charge on any atom is 0.262 e. The number of hydrogen-bond donors (Lipinski definition) is 0. The van der Waals surface area contributed by atoms with Crippen LogP contribution in [0, 0.1) is 0 Å². The van der Waals surface area contributed by atoms with Crippen LogP contribution in [0.4, 0.5) is 0 Å². The van der Waals surface area contributed by atoms with Gasteiger partial charge in [-0.2, -0.15) is 0 Å². The quantitative estimate of drug-likeness (QED) is 0.139. The minimum absolute atomic E-state index is 0.149. The molecule has 0 spiro atoms. The number of unbranched alkanes of at least 4 members (excludes halogenated alkanes) is 15. The van der Waals surface area contributed by atoms with Crippen LogP contribution in [-0.2, 0) is 5.11 Å². The van der Waals surface area contributed by atoms with E-state index in [1.807, 2.05) is 0 Å². The standard InChI is InChI=1S/C30H53O4/c1-4-7-10-13-16-19-22-32-27-25-28(33-23-20-17-14-11-8-5-2)30(31)29(26-27)34-24-21-18-15-12-9-6-3/h25-26H,4-24H2,1-3H3. The predicted molar refractivity (Wildman–Crippen MR) is 143 cm³/mol. The Kier molecular flexibility index (Phi) is 19.6. The van der Waals surface area contributed by atoms with E-state index in [1.54, 1.807) is 12.1 Å². The number of benzene rings is 1. The third kappa shape index (κ3) is 15.3. The van der Waals surface area contributed by atoms with Crippen molar-refractivity contribution in [3.05, 3.63) is 12.1 Å². The first-order chi connectivity index (χ1) is 16.7. The summed E-state index contributed by atoms with van der Waals surface area (Å²) in [5, 5.41) is 12.9. The Bertz CT molecular complexity index is 548. The van der Waals surface area contributed by atoms with Gasteiger partial charge in [0.2, 0.25) is 0 Å². The molecule has 0 fully saturated rings. The number of hydrogen-bond acceptors (Lipinski definition) is 3. The molecule has 0 saturated heterocycles. The van der Waals surface area contributed by atoms with Crippen molar-refractivity contribution in [2.24, 2.45) is 0 Å². The average Bonchev–Trinajstić information content (AvgIpc) is 2.84. The van der Waals surface area contributed by atoms with Crippen LogP contribution in [0.2, 0.25) is 0 Å². The third-order valence-electron chi connectivity index (χ3n) is 6.27. The van der Waals surface area contributed by atoms with Crippen molar-refractivity contribution in [2.45, 2.75) is 136 Å². The fraction of sp³-hybridized carbons (Fsp3) is 0.800. The molecule has 0 amide bonds. The average molecular weight is 478 g/mol. The molecule has 0 atom stereocenters. The molecule has 4 heteroatoms. The molecule has 4 nitrogen and oxygen atoms in total. The summed E-state index contributed by atoms with van der Waals surface area (Å²) in [6.07, 6.45) is 21.7. The molecular formula is C30H53O4. The van der Waals surface area contributed by atoms with Gasteiger partial charge in [0, 0.05) is 12.1 Å². The summed E-state index contributed by atoms with van der Waals surface area (Å²) in [7, 11) is 0. The predicted octanol–water partition coefficient (Wildman–Crippen LogP) is 10.0. The topological polar surface area (TPSA) is 47.6 Å². The van der Waals surface area contributed by atoms with E-state index < -0.39 is 0 Å². The summed E-state index contributed by atoms with van der Waals surface area (Å²) in [5.74, 6) is 1.27. The summed E-state index contributed by atoms with van der Waals surface area (Å²) < 4.78 is 17.8. The Morgan fingerprint density at radius 2 is 0.794 bits per heavy atom. The van der Waals surface area contributed by atoms with Crippen molar-refractivity contribution >= 4 is 0 Å². The fourth-order valence-corrected chi connectivity index (χ4v) is 4.05. The van der Waals surface area contributed by atoms with Crippen molar-refractivity contribution < 1.29 is 19.3 Å². The first kappa shape index (κ1) is 30.5. The molecule has 0 N–H and O–H groups in total. The highest BCUT2D eigenvalue weighted by Crippen LogP contribution is 2.41. The first-order valence-corrected chi connectivity index (χ1v) is 14.5. The molecule has 0 bridgehead atoms. The Morgan fingerprint density at radius 1 is 0.471 bits per heavy atom. The van der Waals surface area contributed by atoms with E-state index in [2.05, 4.69) is 20.8 Å². The second-order valence-electron chi connectivity index (χ2n) is 9.60. The highest BCUT2D eigenvalue weighted by molar-refractivity contribution is 5.54. The lowest BCUT2D eigenvalue weighted by molar-refractivity contribution is 0.235. The van der Waals surface area contributed by atoms with E-state index >= 15 is 0 Å². The van der Waals surface area contributed by atoms with Gasteiger partial charge in [0.15, 0.2) is 11.5 Å². The molecule has 0 heterocycles. The van der Waals surface area contributed by atoms with Gasteiger partial charge in [0.05, 0.1) is 19.8 Å². The second kappa shape index (κ2) is 21.9. The lowest BCUT2D eigenvalue weighted by Gasteiger charge is -2.14. The van der Waals surface area contributed by atoms with Crippen LogP contribution in [0.3, 0.4) is 0 Å². The van der Waals surface area contributed by atoms with E-state index in [4.69, 9.17) is 14.2 Å². The summed E-state index contributed by atoms with van der Waals surface area (Å²) >= 11 is 0.